The summed E-state index contributed by atoms with van der Waals surface area (Å²) in [4.78, 5) is 24.3. The number of hydrogen-bond acceptors (Lipinski definition) is 4. The van der Waals surface area contributed by atoms with Gasteiger partial charge in [-0.05, 0) is 25.8 Å². The Balaban J connectivity index is 2.84. The molecule has 0 amide bonds. The van der Waals surface area contributed by atoms with Gasteiger partial charge in [0.15, 0.2) is 5.92 Å². The van der Waals surface area contributed by atoms with Gasteiger partial charge in [-0.2, -0.15) is 0 Å². The summed E-state index contributed by atoms with van der Waals surface area (Å²) in [5, 5.41) is 0. The van der Waals surface area contributed by atoms with Crippen molar-refractivity contribution in [3.63, 3.8) is 0 Å². The van der Waals surface area contributed by atoms with E-state index in [1.165, 1.54) is 0 Å². The molecule has 130 valence electrons. The van der Waals surface area contributed by atoms with Gasteiger partial charge in [-0.25, -0.2) is 0 Å². The first-order valence-electron chi connectivity index (χ1n) is 8.37. The highest BCUT2D eigenvalue weighted by Crippen LogP contribution is 2.21. The molecule has 0 fully saturated rings. The van der Waals surface area contributed by atoms with Gasteiger partial charge in [-0.1, -0.05) is 61.6 Å². The zero-order valence-electron chi connectivity index (χ0n) is 14.6. The van der Waals surface area contributed by atoms with Crippen molar-refractivity contribution in [2.45, 2.75) is 27.2 Å². The quantitative estimate of drug-likeness (QED) is 0.390. The largest absolute Gasteiger partial charge is 0.465 e. The first-order valence-corrected chi connectivity index (χ1v) is 8.37. The van der Waals surface area contributed by atoms with E-state index >= 15 is 0 Å². The molecule has 1 aromatic rings. The van der Waals surface area contributed by atoms with E-state index < -0.39 is 17.9 Å². The summed E-state index contributed by atoms with van der Waals surface area (Å²) in [6.07, 6.45) is 8.21. The second kappa shape index (κ2) is 11.2. The molecule has 1 rings (SSSR count). The van der Waals surface area contributed by atoms with Crippen LogP contribution in [0.2, 0.25) is 0 Å². The Bertz CT molecular complexity index is 542. The van der Waals surface area contributed by atoms with Gasteiger partial charge in [0.05, 0.1) is 13.2 Å². The van der Waals surface area contributed by atoms with Crippen LogP contribution >= 0.6 is 0 Å². The fraction of sp³-hybridized carbons (Fsp3) is 0.400. The Kier molecular flexibility index (Phi) is 9.20. The van der Waals surface area contributed by atoms with Crippen LogP contribution in [0.3, 0.4) is 0 Å². The Morgan fingerprint density at radius 1 is 0.958 bits per heavy atom. The van der Waals surface area contributed by atoms with Gasteiger partial charge in [-0.15, -0.1) is 0 Å². The van der Waals surface area contributed by atoms with Crippen molar-refractivity contribution in [1.82, 2.24) is 0 Å². The van der Waals surface area contributed by atoms with Crippen molar-refractivity contribution in [2.24, 2.45) is 11.8 Å². The lowest BCUT2D eigenvalue weighted by Gasteiger charge is -2.20. The van der Waals surface area contributed by atoms with Gasteiger partial charge < -0.3 is 9.47 Å². The van der Waals surface area contributed by atoms with E-state index in [1.54, 1.807) is 13.8 Å². The second-order valence-corrected chi connectivity index (χ2v) is 5.21. The van der Waals surface area contributed by atoms with Crippen molar-refractivity contribution in [1.29, 1.82) is 0 Å². The van der Waals surface area contributed by atoms with Crippen molar-refractivity contribution < 1.29 is 19.1 Å². The van der Waals surface area contributed by atoms with Crippen LogP contribution in [0.5, 0.6) is 0 Å². The predicted molar refractivity (Wildman–Crippen MR) is 95.2 cm³/mol. The molecule has 24 heavy (non-hydrogen) atoms. The van der Waals surface area contributed by atoms with Crippen LogP contribution in [0.4, 0.5) is 0 Å². The molecule has 1 atom stereocenters. The standard InChI is InChI=1S/C20H26O4/c1-4-17(15-11-10-14-16-12-8-7-9-13-16)18(19(21)23-5-2)20(22)24-6-3/h7-15,17-18H,4-6H2,1-3H3/b14-10+,15-11+. The summed E-state index contributed by atoms with van der Waals surface area (Å²) in [5.41, 5.74) is 1.09. The zero-order chi connectivity index (χ0) is 17.8. The SMILES string of the molecule is CCOC(=O)C(C(=O)OCC)C(/C=C/C=C/c1ccccc1)CC. The van der Waals surface area contributed by atoms with E-state index in [4.69, 9.17) is 9.47 Å². The normalized spacial score (nSPS) is 12.7. The molecule has 0 heterocycles. The van der Waals surface area contributed by atoms with Crippen molar-refractivity contribution >= 4 is 18.0 Å². The minimum Gasteiger partial charge on any atom is -0.465 e. The predicted octanol–water partition coefficient (Wildman–Crippen LogP) is 4.02. The number of carbonyl (C=O) groups excluding carboxylic acids is 2. The summed E-state index contributed by atoms with van der Waals surface area (Å²) in [6, 6.07) is 9.90. The lowest BCUT2D eigenvalue weighted by atomic mass is 9.89. The summed E-state index contributed by atoms with van der Waals surface area (Å²) < 4.78 is 10.1. The summed E-state index contributed by atoms with van der Waals surface area (Å²) in [7, 11) is 0. The van der Waals surface area contributed by atoms with E-state index in [-0.39, 0.29) is 19.1 Å². The number of benzene rings is 1. The average Bonchev–Trinajstić information content (AvgIpc) is 2.58. The zero-order valence-corrected chi connectivity index (χ0v) is 14.6. The number of allylic oxidation sites excluding steroid dienone is 3. The first-order chi connectivity index (χ1) is 11.6. The lowest BCUT2D eigenvalue weighted by Crippen LogP contribution is -2.33. The molecule has 0 radical (unpaired) electrons. The molecule has 0 aliphatic rings. The third-order valence-corrected chi connectivity index (χ3v) is 3.54. The highest BCUT2D eigenvalue weighted by Gasteiger charge is 2.35. The maximum Gasteiger partial charge on any atom is 0.320 e. The molecule has 0 saturated carbocycles. The molecule has 1 unspecified atom stereocenters. The highest BCUT2D eigenvalue weighted by atomic mass is 16.6. The fourth-order valence-electron chi connectivity index (χ4n) is 2.33. The molecule has 0 aliphatic carbocycles. The lowest BCUT2D eigenvalue weighted by molar-refractivity contribution is -0.163. The van der Waals surface area contributed by atoms with Crippen LogP contribution in [0.15, 0.2) is 48.6 Å². The average molecular weight is 330 g/mol. The molecular weight excluding hydrogens is 304 g/mol. The Labute approximate surface area is 144 Å². The minimum absolute atomic E-state index is 0.239. The number of rotatable bonds is 9. The van der Waals surface area contributed by atoms with Crippen LogP contribution in [-0.4, -0.2) is 25.2 Å². The van der Waals surface area contributed by atoms with Gasteiger partial charge in [0.1, 0.15) is 0 Å². The third-order valence-electron chi connectivity index (χ3n) is 3.54. The maximum absolute atomic E-state index is 12.1. The fourth-order valence-corrected chi connectivity index (χ4v) is 2.33. The van der Waals surface area contributed by atoms with Crippen LogP contribution in [-0.2, 0) is 19.1 Å². The van der Waals surface area contributed by atoms with E-state index in [9.17, 15) is 9.59 Å². The summed E-state index contributed by atoms with van der Waals surface area (Å²) in [5.74, 6) is -2.24. The molecule has 0 aliphatic heterocycles. The van der Waals surface area contributed by atoms with Gasteiger partial charge in [0.25, 0.3) is 0 Å². The van der Waals surface area contributed by atoms with Crippen LogP contribution in [0.25, 0.3) is 6.08 Å². The van der Waals surface area contributed by atoms with Gasteiger partial charge >= 0.3 is 11.9 Å². The molecule has 1 aromatic carbocycles. The summed E-state index contributed by atoms with van der Waals surface area (Å²) in [6.45, 7) is 5.85. The first kappa shape index (κ1) is 19.7. The minimum atomic E-state index is -0.920. The Hall–Kier alpha value is -2.36. The summed E-state index contributed by atoms with van der Waals surface area (Å²) >= 11 is 0. The van der Waals surface area contributed by atoms with Crippen LogP contribution in [0, 0.1) is 11.8 Å². The van der Waals surface area contributed by atoms with Crippen LogP contribution in [0.1, 0.15) is 32.8 Å². The number of ether oxygens (including phenoxy) is 2. The Morgan fingerprint density at radius 3 is 2.04 bits per heavy atom. The Morgan fingerprint density at radius 2 is 1.54 bits per heavy atom. The van der Waals surface area contributed by atoms with Gasteiger partial charge in [0.2, 0.25) is 0 Å². The topological polar surface area (TPSA) is 52.6 Å². The van der Waals surface area contributed by atoms with Gasteiger partial charge in [-0.3, -0.25) is 9.59 Å². The molecule has 0 aromatic heterocycles. The molecule has 0 spiro atoms. The van der Waals surface area contributed by atoms with E-state index in [0.29, 0.717) is 6.42 Å². The molecule has 0 N–H and O–H groups in total. The molecular formula is C20H26O4. The monoisotopic (exact) mass is 330 g/mol. The number of esters is 2. The van der Waals surface area contributed by atoms with Crippen molar-refractivity contribution in [3.05, 3.63) is 54.1 Å². The van der Waals surface area contributed by atoms with Crippen LogP contribution < -0.4 is 0 Å². The van der Waals surface area contributed by atoms with Gasteiger partial charge in [0, 0.05) is 5.92 Å². The third kappa shape index (κ3) is 6.41. The molecule has 0 saturated heterocycles. The highest BCUT2D eigenvalue weighted by molar-refractivity contribution is 5.95. The van der Waals surface area contributed by atoms with E-state index in [2.05, 4.69) is 0 Å². The maximum atomic E-state index is 12.1. The van der Waals surface area contributed by atoms with E-state index in [1.807, 2.05) is 61.6 Å². The molecule has 4 nitrogen and oxygen atoms in total. The smallest absolute Gasteiger partial charge is 0.320 e. The molecule has 4 heteroatoms. The van der Waals surface area contributed by atoms with E-state index in [0.717, 1.165) is 5.56 Å². The second-order valence-electron chi connectivity index (χ2n) is 5.21. The number of hydrogen-bond donors (Lipinski definition) is 0. The van der Waals surface area contributed by atoms with Crippen molar-refractivity contribution in [2.75, 3.05) is 13.2 Å². The number of carbonyl (C=O) groups is 2. The van der Waals surface area contributed by atoms with Crippen molar-refractivity contribution in [3.8, 4) is 0 Å². The molecule has 0 bridgehead atoms.